The van der Waals surface area contributed by atoms with Gasteiger partial charge in [-0.1, -0.05) is 32.6 Å². The van der Waals surface area contributed by atoms with Gasteiger partial charge in [-0.25, -0.2) is 0 Å². The first-order valence-corrected chi connectivity index (χ1v) is 7.14. The molecule has 0 spiro atoms. The molecule has 0 aromatic carbocycles. The lowest BCUT2D eigenvalue weighted by molar-refractivity contribution is 0.230. The van der Waals surface area contributed by atoms with Gasteiger partial charge in [-0.3, -0.25) is 0 Å². The lowest BCUT2D eigenvalue weighted by atomic mass is 10.0. The normalized spacial score (nSPS) is 25.9. The van der Waals surface area contributed by atoms with Crippen molar-refractivity contribution in [3.8, 4) is 0 Å². The summed E-state index contributed by atoms with van der Waals surface area (Å²) in [5.41, 5.74) is 5.97. The molecule has 1 aliphatic rings. The Morgan fingerprint density at radius 2 is 2.00 bits per heavy atom. The van der Waals surface area contributed by atoms with Crippen LogP contribution < -0.4 is 5.73 Å². The van der Waals surface area contributed by atoms with Gasteiger partial charge in [0, 0.05) is 18.6 Å². The zero-order valence-corrected chi connectivity index (χ0v) is 11.4. The third kappa shape index (κ3) is 4.42. The van der Waals surface area contributed by atoms with E-state index in [1.807, 2.05) is 0 Å². The summed E-state index contributed by atoms with van der Waals surface area (Å²) >= 11 is 0. The topological polar surface area (TPSA) is 29.3 Å². The molecule has 1 fully saturated rings. The molecular weight excluding hydrogens is 196 g/mol. The second-order valence-corrected chi connectivity index (χ2v) is 5.60. The highest BCUT2D eigenvalue weighted by atomic mass is 15.2. The molecule has 16 heavy (non-hydrogen) atoms. The summed E-state index contributed by atoms with van der Waals surface area (Å²) in [6.07, 6.45) is 8.21. The minimum absolute atomic E-state index is 0.372. The van der Waals surface area contributed by atoms with E-state index >= 15 is 0 Å². The minimum Gasteiger partial charge on any atom is -0.328 e. The molecule has 1 rings (SSSR count). The van der Waals surface area contributed by atoms with Crippen molar-refractivity contribution in [1.82, 2.24) is 4.90 Å². The number of rotatable bonds is 7. The molecule has 2 nitrogen and oxygen atoms in total. The zero-order chi connectivity index (χ0) is 12.0. The molecule has 0 amide bonds. The lowest BCUT2D eigenvalue weighted by Crippen LogP contribution is -2.34. The molecule has 1 heterocycles. The highest BCUT2D eigenvalue weighted by Gasteiger charge is 2.27. The summed E-state index contributed by atoms with van der Waals surface area (Å²) in [6.45, 7) is 9.31. The molecular formula is C14H30N2. The highest BCUT2D eigenvalue weighted by Crippen LogP contribution is 2.22. The quantitative estimate of drug-likeness (QED) is 0.676. The van der Waals surface area contributed by atoms with Gasteiger partial charge in [-0.15, -0.1) is 0 Å². The number of nitrogens with two attached hydrogens (primary N) is 1. The standard InChI is InChI=1S/C14H30N2/c1-4-5-6-7-8-12(2)16-10-9-14(11-16)13(3)15/h12-14H,4-11,15H2,1-3H3. The number of unbranched alkanes of at least 4 members (excludes halogenated alkanes) is 3. The van der Waals surface area contributed by atoms with Gasteiger partial charge in [0.25, 0.3) is 0 Å². The van der Waals surface area contributed by atoms with E-state index in [-0.39, 0.29) is 0 Å². The Kier molecular flexibility index (Phi) is 6.37. The van der Waals surface area contributed by atoms with Crippen LogP contribution in [0.25, 0.3) is 0 Å². The molecule has 0 saturated carbocycles. The van der Waals surface area contributed by atoms with Crippen LogP contribution in [0.2, 0.25) is 0 Å². The monoisotopic (exact) mass is 226 g/mol. The Labute approximate surface area is 102 Å². The van der Waals surface area contributed by atoms with Crippen LogP contribution in [-0.2, 0) is 0 Å². The minimum atomic E-state index is 0.372. The second kappa shape index (κ2) is 7.29. The summed E-state index contributed by atoms with van der Waals surface area (Å²) in [5, 5.41) is 0. The molecule has 2 N–H and O–H groups in total. The Morgan fingerprint density at radius 1 is 1.25 bits per heavy atom. The third-order valence-corrected chi connectivity index (χ3v) is 4.10. The molecule has 2 heteroatoms. The van der Waals surface area contributed by atoms with E-state index in [9.17, 15) is 0 Å². The van der Waals surface area contributed by atoms with Crippen molar-refractivity contribution >= 4 is 0 Å². The Morgan fingerprint density at radius 3 is 2.56 bits per heavy atom. The van der Waals surface area contributed by atoms with E-state index in [1.165, 1.54) is 51.6 Å². The van der Waals surface area contributed by atoms with E-state index in [4.69, 9.17) is 5.73 Å². The van der Waals surface area contributed by atoms with Gasteiger partial charge < -0.3 is 10.6 Å². The first kappa shape index (κ1) is 14.0. The predicted octanol–water partition coefficient (Wildman–Crippen LogP) is 3.01. The number of nitrogens with zero attached hydrogens (tertiary/aromatic N) is 1. The molecule has 3 unspecified atom stereocenters. The fraction of sp³-hybridized carbons (Fsp3) is 1.00. The third-order valence-electron chi connectivity index (χ3n) is 4.10. The molecule has 0 radical (unpaired) electrons. The number of hydrogen-bond donors (Lipinski definition) is 1. The van der Waals surface area contributed by atoms with Gasteiger partial charge in [-0.05, 0) is 39.2 Å². The van der Waals surface area contributed by atoms with Gasteiger partial charge in [-0.2, -0.15) is 0 Å². The summed E-state index contributed by atoms with van der Waals surface area (Å²) in [4.78, 5) is 2.64. The summed E-state index contributed by atoms with van der Waals surface area (Å²) in [7, 11) is 0. The molecule has 3 atom stereocenters. The summed E-state index contributed by atoms with van der Waals surface area (Å²) < 4.78 is 0. The van der Waals surface area contributed by atoms with Crippen molar-refractivity contribution < 1.29 is 0 Å². The zero-order valence-electron chi connectivity index (χ0n) is 11.4. The van der Waals surface area contributed by atoms with Crippen LogP contribution in [0.3, 0.4) is 0 Å². The molecule has 0 aliphatic carbocycles. The number of likely N-dealkylation sites (tertiary alicyclic amines) is 1. The second-order valence-electron chi connectivity index (χ2n) is 5.60. The average molecular weight is 226 g/mol. The van der Waals surface area contributed by atoms with E-state index in [1.54, 1.807) is 0 Å². The molecule has 1 aliphatic heterocycles. The molecule has 0 aromatic rings. The fourth-order valence-corrected chi connectivity index (χ4v) is 2.69. The Balaban J connectivity index is 2.15. The smallest absolute Gasteiger partial charge is 0.00670 e. The van der Waals surface area contributed by atoms with Gasteiger partial charge in [0.1, 0.15) is 0 Å². The van der Waals surface area contributed by atoms with E-state index in [2.05, 4.69) is 25.7 Å². The van der Waals surface area contributed by atoms with Crippen LogP contribution in [0.15, 0.2) is 0 Å². The SMILES string of the molecule is CCCCCCC(C)N1CCC(C(C)N)C1. The van der Waals surface area contributed by atoms with E-state index < -0.39 is 0 Å². The predicted molar refractivity (Wildman–Crippen MR) is 71.6 cm³/mol. The van der Waals surface area contributed by atoms with Crippen LogP contribution in [-0.4, -0.2) is 30.1 Å². The lowest BCUT2D eigenvalue weighted by Gasteiger charge is -2.25. The van der Waals surface area contributed by atoms with Crippen molar-refractivity contribution in [2.75, 3.05) is 13.1 Å². The highest BCUT2D eigenvalue weighted by molar-refractivity contribution is 4.83. The Bertz CT molecular complexity index is 180. The van der Waals surface area contributed by atoms with Gasteiger partial charge in [0.05, 0.1) is 0 Å². The molecule has 0 bridgehead atoms. The van der Waals surface area contributed by atoms with Gasteiger partial charge in [0.15, 0.2) is 0 Å². The summed E-state index contributed by atoms with van der Waals surface area (Å²) in [5.74, 6) is 0.734. The van der Waals surface area contributed by atoms with Crippen molar-refractivity contribution in [3.63, 3.8) is 0 Å². The molecule has 1 saturated heterocycles. The van der Waals surface area contributed by atoms with Crippen molar-refractivity contribution in [2.24, 2.45) is 11.7 Å². The maximum absolute atomic E-state index is 5.97. The van der Waals surface area contributed by atoms with Crippen LogP contribution in [0.1, 0.15) is 59.3 Å². The summed E-state index contributed by atoms with van der Waals surface area (Å²) in [6, 6.07) is 1.14. The van der Waals surface area contributed by atoms with Gasteiger partial charge >= 0.3 is 0 Å². The van der Waals surface area contributed by atoms with Crippen LogP contribution in [0, 0.1) is 5.92 Å². The average Bonchev–Trinajstić information content (AvgIpc) is 2.73. The van der Waals surface area contributed by atoms with Crippen molar-refractivity contribution in [2.45, 2.75) is 71.4 Å². The number of hydrogen-bond acceptors (Lipinski definition) is 2. The van der Waals surface area contributed by atoms with E-state index in [0.717, 1.165) is 12.0 Å². The maximum atomic E-state index is 5.97. The molecule has 96 valence electrons. The van der Waals surface area contributed by atoms with Crippen LogP contribution >= 0.6 is 0 Å². The largest absolute Gasteiger partial charge is 0.328 e. The van der Waals surface area contributed by atoms with E-state index in [0.29, 0.717) is 6.04 Å². The first-order valence-electron chi connectivity index (χ1n) is 7.14. The van der Waals surface area contributed by atoms with Crippen LogP contribution in [0.5, 0.6) is 0 Å². The van der Waals surface area contributed by atoms with Crippen molar-refractivity contribution in [3.05, 3.63) is 0 Å². The first-order chi connectivity index (χ1) is 7.65. The van der Waals surface area contributed by atoms with Crippen LogP contribution in [0.4, 0.5) is 0 Å². The molecule has 0 aromatic heterocycles. The van der Waals surface area contributed by atoms with Crippen molar-refractivity contribution in [1.29, 1.82) is 0 Å². The maximum Gasteiger partial charge on any atom is 0.00670 e. The Hall–Kier alpha value is -0.0800. The fourth-order valence-electron chi connectivity index (χ4n) is 2.69. The van der Waals surface area contributed by atoms with Gasteiger partial charge in [0.2, 0.25) is 0 Å².